The van der Waals surface area contributed by atoms with Crippen LogP contribution in [-0.4, -0.2) is 11.9 Å². The molecule has 17 heavy (non-hydrogen) atoms. The van der Waals surface area contributed by atoms with E-state index in [4.69, 9.17) is 17.3 Å². The molecule has 0 radical (unpaired) electrons. The minimum atomic E-state index is -0.645. The van der Waals surface area contributed by atoms with Gasteiger partial charge in [-0.15, -0.1) is 0 Å². The lowest BCUT2D eigenvalue weighted by Gasteiger charge is -2.14. The van der Waals surface area contributed by atoms with Crippen LogP contribution in [0.25, 0.3) is 0 Å². The van der Waals surface area contributed by atoms with E-state index in [0.29, 0.717) is 12.3 Å². The van der Waals surface area contributed by atoms with Crippen LogP contribution >= 0.6 is 11.6 Å². The fourth-order valence-electron chi connectivity index (χ4n) is 1.44. The third-order valence-corrected chi connectivity index (χ3v) is 2.56. The molecule has 1 rings (SSSR count). The number of amides is 1. The molecule has 0 aromatic heterocycles. The summed E-state index contributed by atoms with van der Waals surface area (Å²) in [5, 5.41) is 2.41. The van der Waals surface area contributed by atoms with E-state index in [1.165, 1.54) is 12.1 Å². The molecule has 1 amide bonds. The Bertz CT molecular complexity index is 409. The van der Waals surface area contributed by atoms with Crippen molar-refractivity contribution in [3.63, 3.8) is 0 Å². The van der Waals surface area contributed by atoms with Crippen LogP contribution in [0.2, 0.25) is 5.02 Å². The van der Waals surface area contributed by atoms with Crippen LogP contribution in [0.5, 0.6) is 0 Å². The van der Waals surface area contributed by atoms with Gasteiger partial charge in [0.1, 0.15) is 0 Å². The molecule has 0 saturated heterocycles. The zero-order chi connectivity index (χ0) is 13.0. The van der Waals surface area contributed by atoms with E-state index in [1.54, 1.807) is 6.07 Å². The summed E-state index contributed by atoms with van der Waals surface area (Å²) in [4.78, 5) is 11.7. The molecule has 3 N–H and O–H groups in total. The summed E-state index contributed by atoms with van der Waals surface area (Å²) in [5.41, 5.74) is 5.74. The number of nitrogens with two attached hydrogens (primary N) is 1. The van der Waals surface area contributed by atoms with Gasteiger partial charge < -0.3 is 11.1 Å². The molecule has 0 aliphatic carbocycles. The minimum Gasteiger partial charge on any atom is -0.322 e. The summed E-state index contributed by atoms with van der Waals surface area (Å²) in [6, 6.07) is 3.78. The molecule has 0 saturated carbocycles. The normalized spacial score (nSPS) is 12.6. The van der Waals surface area contributed by atoms with Crippen LogP contribution in [0.4, 0.5) is 10.1 Å². The monoisotopic (exact) mass is 258 g/mol. The smallest absolute Gasteiger partial charge is 0.241 e. The first kappa shape index (κ1) is 13.9. The second-order valence-corrected chi connectivity index (χ2v) is 4.73. The summed E-state index contributed by atoms with van der Waals surface area (Å²) in [5.74, 6) is -0.737. The Kier molecular flexibility index (Phi) is 4.90. The number of hydrogen-bond acceptors (Lipinski definition) is 2. The molecule has 0 fully saturated rings. The van der Waals surface area contributed by atoms with Crippen molar-refractivity contribution < 1.29 is 9.18 Å². The molecule has 1 atom stereocenters. The van der Waals surface area contributed by atoms with Crippen LogP contribution in [0.1, 0.15) is 20.3 Å². The summed E-state index contributed by atoms with van der Waals surface area (Å²) in [6.07, 6.45) is 0.550. The van der Waals surface area contributed by atoms with Gasteiger partial charge in [0.25, 0.3) is 0 Å². The molecular formula is C12H16ClFN2O. The minimum absolute atomic E-state index is 0.0276. The SMILES string of the molecule is CC(C)C[C@H](N)C(=O)Nc1cccc(Cl)c1F. The van der Waals surface area contributed by atoms with E-state index in [9.17, 15) is 9.18 Å². The van der Waals surface area contributed by atoms with Crippen molar-refractivity contribution in [1.82, 2.24) is 0 Å². The van der Waals surface area contributed by atoms with E-state index in [0.717, 1.165) is 0 Å². The summed E-state index contributed by atoms with van der Waals surface area (Å²) in [7, 11) is 0. The number of benzene rings is 1. The molecule has 0 bridgehead atoms. The molecule has 1 aromatic carbocycles. The molecule has 5 heteroatoms. The Hall–Kier alpha value is -1.13. The van der Waals surface area contributed by atoms with E-state index in [1.807, 2.05) is 13.8 Å². The number of anilines is 1. The van der Waals surface area contributed by atoms with E-state index in [-0.39, 0.29) is 10.7 Å². The van der Waals surface area contributed by atoms with Gasteiger partial charge in [-0.05, 0) is 24.5 Å². The Labute approximate surface area is 105 Å². The lowest BCUT2D eigenvalue weighted by atomic mass is 10.0. The number of nitrogens with one attached hydrogen (secondary N) is 1. The van der Waals surface area contributed by atoms with Crippen molar-refractivity contribution in [3.8, 4) is 0 Å². The fraction of sp³-hybridized carbons (Fsp3) is 0.417. The molecule has 0 aliphatic heterocycles. The maximum atomic E-state index is 13.5. The van der Waals surface area contributed by atoms with Gasteiger partial charge in [-0.1, -0.05) is 31.5 Å². The second kappa shape index (κ2) is 5.98. The topological polar surface area (TPSA) is 55.1 Å². The average Bonchev–Trinajstić information content (AvgIpc) is 2.23. The number of carbonyl (C=O) groups excluding carboxylic acids is 1. The number of rotatable bonds is 4. The van der Waals surface area contributed by atoms with Crippen LogP contribution in [0.3, 0.4) is 0 Å². The number of carbonyl (C=O) groups is 1. The Morgan fingerprint density at radius 2 is 2.18 bits per heavy atom. The number of hydrogen-bond donors (Lipinski definition) is 2. The van der Waals surface area contributed by atoms with Crippen LogP contribution in [0.15, 0.2) is 18.2 Å². The van der Waals surface area contributed by atoms with Gasteiger partial charge in [0.05, 0.1) is 16.8 Å². The van der Waals surface area contributed by atoms with E-state index in [2.05, 4.69) is 5.32 Å². The first-order valence-electron chi connectivity index (χ1n) is 5.42. The molecule has 1 aromatic rings. The second-order valence-electron chi connectivity index (χ2n) is 4.33. The van der Waals surface area contributed by atoms with Gasteiger partial charge in [0, 0.05) is 0 Å². The maximum Gasteiger partial charge on any atom is 0.241 e. The summed E-state index contributed by atoms with van der Waals surface area (Å²) < 4.78 is 13.5. The highest BCUT2D eigenvalue weighted by molar-refractivity contribution is 6.31. The average molecular weight is 259 g/mol. The molecule has 0 unspecified atom stereocenters. The zero-order valence-electron chi connectivity index (χ0n) is 9.84. The predicted octanol–water partition coefficient (Wildman–Crippen LogP) is 2.79. The van der Waals surface area contributed by atoms with Gasteiger partial charge in [0.2, 0.25) is 5.91 Å². The standard InChI is InChI=1S/C12H16ClFN2O/c1-7(2)6-9(15)12(17)16-10-5-3-4-8(13)11(10)14/h3-5,7,9H,6,15H2,1-2H3,(H,16,17)/t9-/m0/s1. The highest BCUT2D eigenvalue weighted by atomic mass is 35.5. The van der Waals surface area contributed by atoms with Crippen molar-refractivity contribution in [2.24, 2.45) is 11.7 Å². The quantitative estimate of drug-likeness (QED) is 0.873. The van der Waals surface area contributed by atoms with Crippen LogP contribution < -0.4 is 11.1 Å². The Balaban J connectivity index is 2.71. The van der Waals surface area contributed by atoms with Gasteiger partial charge >= 0.3 is 0 Å². The highest BCUT2D eigenvalue weighted by Crippen LogP contribution is 2.22. The predicted molar refractivity (Wildman–Crippen MR) is 67.5 cm³/mol. The van der Waals surface area contributed by atoms with Crippen molar-refractivity contribution >= 4 is 23.2 Å². The lowest BCUT2D eigenvalue weighted by molar-refractivity contribution is -0.117. The molecule has 94 valence electrons. The third kappa shape index (κ3) is 3.98. The third-order valence-electron chi connectivity index (χ3n) is 2.27. The van der Waals surface area contributed by atoms with Gasteiger partial charge in [-0.25, -0.2) is 4.39 Å². The molecular weight excluding hydrogens is 243 g/mol. The zero-order valence-corrected chi connectivity index (χ0v) is 10.6. The number of halogens is 2. The van der Waals surface area contributed by atoms with Crippen molar-refractivity contribution in [2.45, 2.75) is 26.3 Å². The Morgan fingerprint density at radius 3 is 2.76 bits per heavy atom. The molecule has 0 aliphatic rings. The summed E-state index contributed by atoms with van der Waals surface area (Å²) in [6.45, 7) is 3.93. The van der Waals surface area contributed by atoms with Crippen molar-refractivity contribution in [2.75, 3.05) is 5.32 Å². The first-order chi connectivity index (χ1) is 7.91. The van der Waals surface area contributed by atoms with Crippen LogP contribution in [0, 0.1) is 11.7 Å². The fourth-order valence-corrected chi connectivity index (χ4v) is 1.62. The van der Waals surface area contributed by atoms with Crippen molar-refractivity contribution in [3.05, 3.63) is 29.0 Å². The van der Waals surface area contributed by atoms with E-state index >= 15 is 0 Å². The molecule has 0 heterocycles. The van der Waals surface area contributed by atoms with Gasteiger partial charge in [-0.3, -0.25) is 4.79 Å². The molecule has 0 spiro atoms. The van der Waals surface area contributed by atoms with Gasteiger partial charge in [-0.2, -0.15) is 0 Å². The molecule has 3 nitrogen and oxygen atoms in total. The highest BCUT2D eigenvalue weighted by Gasteiger charge is 2.17. The first-order valence-corrected chi connectivity index (χ1v) is 5.80. The summed E-state index contributed by atoms with van der Waals surface area (Å²) >= 11 is 5.60. The van der Waals surface area contributed by atoms with Gasteiger partial charge in [0.15, 0.2) is 5.82 Å². The lowest BCUT2D eigenvalue weighted by Crippen LogP contribution is -2.36. The maximum absolute atomic E-state index is 13.5. The van der Waals surface area contributed by atoms with Crippen molar-refractivity contribution in [1.29, 1.82) is 0 Å². The van der Waals surface area contributed by atoms with E-state index < -0.39 is 17.8 Å². The van der Waals surface area contributed by atoms with Crippen LogP contribution in [-0.2, 0) is 4.79 Å². The Morgan fingerprint density at radius 1 is 1.53 bits per heavy atom. The largest absolute Gasteiger partial charge is 0.322 e.